The molecule has 0 unspecified atom stereocenters. The summed E-state index contributed by atoms with van der Waals surface area (Å²) in [5, 5.41) is 15.5. The summed E-state index contributed by atoms with van der Waals surface area (Å²) in [5.74, 6) is -0.166. The van der Waals surface area contributed by atoms with Crippen molar-refractivity contribution in [2.75, 3.05) is 6.61 Å². The zero-order valence-corrected chi connectivity index (χ0v) is 20.6. The monoisotopic (exact) mass is 495 g/mol. The maximum absolute atomic E-state index is 11.6. The molecule has 2 N–H and O–H groups in total. The summed E-state index contributed by atoms with van der Waals surface area (Å²) in [7, 11) is 0. The van der Waals surface area contributed by atoms with E-state index in [-0.39, 0.29) is 29.0 Å². The molecule has 0 aliphatic carbocycles. The van der Waals surface area contributed by atoms with E-state index in [0.29, 0.717) is 13.2 Å². The van der Waals surface area contributed by atoms with Crippen LogP contribution in [0.25, 0.3) is 21.9 Å². The predicted molar refractivity (Wildman–Crippen MR) is 141 cm³/mol. The van der Waals surface area contributed by atoms with Gasteiger partial charge in [0.25, 0.3) is 0 Å². The van der Waals surface area contributed by atoms with E-state index in [1.165, 1.54) is 0 Å². The average molecular weight is 496 g/mol. The molecule has 0 fully saturated rings. The molecule has 1 atom stereocenters. The normalized spacial score (nSPS) is 11.6. The van der Waals surface area contributed by atoms with Crippen LogP contribution in [0.2, 0.25) is 5.02 Å². The van der Waals surface area contributed by atoms with Gasteiger partial charge >= 0.3 is 5.97 Å². The van der Waals surface area contributed by atoms with Crippen LogP contribution in [0.1, 0.15) is 41.4 Å². The van der Waals surface area contributed by atoms with Gasteiger partial charge in [-0.1, -0.05) is 54.1 Å². The minimum atomic E-state index is -1.04. The molecule has 4 aromatic carbocycles. The fourth-order valence-electron chi connectivity index (χ4n) is 4.00. The van der Waals surface area contributed by atoms with E-state index in [2.05, 4.69) is 48.6 Å². The zero-order valence-electron chi connectivity index (χ0n) is 19.0. The van der Waals surface area contributed by atoms with Gasteiger partial charge in [-0.2, -0.15) is 0 Å². The van der Waals surface area contributed by atoms with Crippen LogP contribution in [0.3, 0.4) is 0 Å². The van der Waals surface area contributed by atoms with E-state index in [1.807, 2.05) is 37.3 Å². The Kier molecular flexibility index (Phi) is 8.56. The van der Waals surface area contributed by atoms with Crippen LogP contribution in [-0.4, -0.2) is 17.7 Å². The van der Waals surface area contributed by atoms with Gasteiger partial charge in [0.05, 0.1) is 17.2 Å². The van der Waals surface area contributed by atoms with Gasteiger partial charge in [0.1, 0.15) is 5.75 Å². The van der Waals surface area contributed by atoms with Crippen molar-refractivity contribution in [3.8, 4) is 16.9 Å². The molecule has 0 saturated heterocycles. The smallest absolute Gasteiger partial charge is 0.337 e. The second kappa shape index (κ2) is 11.4. The molecular weight excluding hydrogens is 469 g/mol. The highest BCUT2D eigenvalue weighted by Gasteiger charge is 2.13. The third kappa shape index (κ3) is 5.71. The Morgan fingerprint density at radius 1 is 1.03 bits per heavy atom. The molecule has 0 aromatic heterocycles. The Hall–Kier alpha value is -3.05. The molecule has 4 aromatic rings. The van der Waals surface area contributed by atoms with Crippen LogP contribution >= 0.6 is 24.0 Å². The Morgan fingerprint density at radius 3 is 2.59 bits per heavy atom. The van der Waals surface area contributed by atoms with Crippen molar-refractivity contribution in [2.24, 2.45) is 0 Å². The van der Waals surface area contributed by atoms with Crippen LogP contribution < -0.4 is 10.1 Å². The number of hydrogen-bond acceptors (Lipinski definition) is 3. The lowest BCUT2D eigenvalue weighted by molar-refractivity contribution is 0.0697. The highest BCUT2D eigenvalue weighted by molar-refractivity contribution is 6.33. The molecule has 0 aliphatic heterocycles. The van der Waals surface area contributed by atoms with Crippen molar-refractivity contribution in [3.05, 3.63) is 101 Å². The molecule has 176 valence electrons. The van der Waals surface area contributed by atoms with Crippen LogP contribution in [0.15, 0.2) is 78.9 Å². The van der Waals surface area contributed by atoms with Crippen molar-refractivity contribution in [2.45, 2.75) is 26.4 Å². The topological polar surface area (TPSA) is 58.6 Å². The van der Waals surface area contributed by atoms with E-state index in [1.54, 1.807) is 12.1 Å². The molecule has 6 heteroatoms. The number of aromatic carboxylic acids is 1. The molecule has 0 heterocycles. The van der Waals surface area contributed by atoms with Gasteiger partial charge in [0.15, 0.2) is 0 Å². The molecule has 0 saturated carbocycles. The second-order valence-corrected chi connectivity index (χ2v) is 8.38. The maximum atomic E-state index is 11.6. The standard InChI is InChI=1S/C28H26ClNO3.ClH/c1-3-33-23-9-6-8-20(15-23)18(2)30-17-19-13-21-7-4-5-10-24(21)25(14-19)22-11-12-27(29)26(16-22)28(31)32;/h4-16,18,30H,3,17H2,1-2H3,(H,31,32);1H/t18-;/m1./s1. The van der Waals surface area contributed by atoms with Crippen molar-refractivity contribution >= 4 is 40.7 Å². The molecule has 34 heavy (non-hydrogen) atoms. The lowest BCUT2D eigenvalue weighted by Gasteiger charge is -2.17. The van der Waals surface area contributed by atoms with Crippen molar-refractivity contribution < 1.29 is 14.6 Å². The van der Waals surface area contributed by atoms with Crippen molar-refractivity contribution in [1.29, 1.82) is 0 Å². The molecule has 4 rings (SSSR count). The number of ether oxygens (including phenoxy) is 1. The van der Waals surface area contributed by atoms with Gasteiger partial charge in [0, 0.05) is 12.6 Å². The SMILES string of the molecule is CCOc1cccc([C@@H](C)NCc2cc(-c3ccc(Cl)c(C(=O)O)c3)c3ccccc3c2)c1.Cl. The quantitative estimate of drug-likeness (QED) is 0.265. The van der Waals surface area contributed by atoms with Gasteiger partial charge in [0.2, 0.25) is 0 Å². The third-order valence-electron chi connectivity index (χ3n) is 5.71. The summed E-state index contributed by atoms with van der Waals surface area (Å²) in [6.45, 7) is 5.41. The number of carboxylic acids is 1. The van der Waals surface area contributed by atoms with E-state index < -0.39 is 5.97 Å². The fraction of sp³-hybridized carbons (Fsp3) is 0.179. The molecule has 0 bridgehead atoms. The van der Waals surface area contributed by atoms with E-state index in [9.17, 15) is 9.90 Å². The summed E-state index contributed by atoms with van der Waals surface area (Å²) in [5.41, 5.74) is 4.18. The molecule has 0 spiro atoms. The summed E-state index contributed by atoms with van der Waals surface area (Å²) >= 11 is 6.10. The molecule has 0 radical (unpaired) electrons. The average Bonchev–Trinajstić information content (AvgIpc) is 2.82. The highest BCUT2D eigenvalue weighted by Crippen LogP contribution is 2.33. The summed E-state index contributed by atoms with van der Waals surface area (Å²) in [6.07, 6.45) is 0. The number of carboxylic acid groups (broad SMARTS) is 1. The number of halogens is 2. The minimum absolute atomic E-state index is 0. The molecule has 4 nitrogen and oxygen atoms in total. The Labute approximate surface area is 210 Å². The second-order valence-electron chi connectivity index (χ2n) is 7.97. The van der Waals surface area contributed by atoms with Crippen LogP contribution in [0.4, 0.5) is 0 Å². The van der Waals surface area contributed by atoms with Gasteiger partial charge in [-0.05, 0) is 83.3 Å². The first-order valence-corrected chi connectivity index (χ1v) is 11.3. The summed E-state index contributed by atoms with van der Waals surface area (Å²) < 4.78 is 5.63. The van der Waals surface area contributed by atoms with E-state index in [0.717, 1.165) is 38.8 Å². The van der Waals surface area contributed by atoms with Gasteiger partial charge in [-0.25, -0.2) is 4.79 Å². The Balaban J connectivity index is 0.00000324. The lowest BCUT2D eigenvalue weighted by Crippen LogP contribution is -2.18. The number of fused-ring (bicyclic) bond motifs is 1. The van der Waals surface area contributed by atoms with Gasteiger partial charge in [-0.15, -0.1) is 12.4 Å². The van der Waals surface area contributed by atoms with Crippen molar-refractivity contribution in [3.63, 3.8) is 0 Å². The van der Waals surface area contributed by atoms with Gasteiger partial charge in [-0.3, -0.25) is 0 Å². The predicted octanol–water partition coefficient (Wildman–Crippen LogP) is 7.53. The van der Waals surface area contributed by atoms with E-state index in [4.69, 9.17) is 16.3 Å². The third-order valence-corrected chi connectivity index (χ3v) is 6.04. The van der Waals surface area contributed by atoms with Gasteiger partial charge < -0.3 is 15.2 Å². The van der Waals surface area contributed by atoms with Crippen molar-refractivity contribution in [1.82, 2.24) is 5.32 Å². The first-order valence-electron chi connectivity index (χ1n) is 11.0. The number of carbonyl (C=O) groups is 1. The van der Waals surface area contributed by atoms with Crippen LogP contribution in [-0.2, 0) is 6.54 Å². The Bertz CT molecular complexity index is 1310. The highest BCUT2D eigenvalue weighted by atomic mass is 35.5. The van der Waals surface area contributed by atoms with Crippen LogP contribution in [0, 0.1) is 0 Å². The number of hydrogen-bond donors (Lipinski definition) is 2. The lowest BCUT2D eigenvalue weighted by atomic mass is 9.94. The van der Waals surface area contributed by atoms with Crippen LogP contribution in [0.5, 0.6) is 5.75 Å². The zero-order chi connectivity index (χ0) is 23.4. The molecular formula is C28H27Cl2NO3. The largest absolute Gasteiger partial charge is 0.494 e. The first kappa shape index (κ1) is 25.6. The first-order chi connectivity index (χ1) is 16.0. The number of rotatable bonds is 8. The Morgan fingerprint density at radius 2 is 1.82 bits per heavy atom. The molecule has 0 aliphatic rings. The summed E-state index contributed by atoms with van der Waals surface area (Å²) in [4.78, 5) is 11.6. The fourth-order valence-corrected chi connectivity index (χ4v) is 4.20. The van der Waals surface area contributed by atoms with E-state index >= 15 is 0 Å². The molecule has 0 amide bonds. The number of nitrogens with one attached hydrogen (secondary N) is 1. The summed E-state index contributed by atoms with van der Waals surface area (Å²) in [6, 6.07) is 25.8. The number of benzene rings is 4. The minimum Gasteiger partial charge on any atom is -0.494 e. The maximum Gasteiger partial charge on any atom is 0.337 e.